The molecule has 1 N–H and O–H groups in total. The molecule has 0 aliphatic heterocycles. The van der Waals surface area contributed by atoms with Gasteiger partial charge in [0.15, 0.2) is 10.3 Å². The summed E-state index contributed by atoms with van der Waals surface area (Å²) in [6.45, 7) is 2.82. The van der Waals surface area contributed by atoms with Crippen LogP contribution in [0.5, 0.6) is 0 Å². The summed E-state index contributed by atoms with van der Waals surface area (Å²) in [7, 11) is 0. The van der Waals surface area contributed by atoms with Gasteiger partial charge >= 0.3 is 0 Å². The Bertz CT molecular complexity index is 1120. The number of anilines is 1. The molecule has 1 amide bonds. The topological polar surface area (TPSA) is 72.7 Å². The fraction of sp³-hybridized carbons (Fsp3) is 0.200. The van der Waals surface area contributed by atoms with Crippen LogP contribution in [0.1, 0.15) is 17.6 Å². The standard InChI is InChI=1S/C20H18BrN5OS3/c1-2-26-17(10-15-4-3-9-28-15)24-25-20(26)30-12-18(27)23-19-22-16(11-29-19)13-5-7-14(21)8-6-13/h3-9,11H,2,10,12H2,1H3,(H,22,23,27). The fourth-order valence-electron chi connectivity index (χ4n) is 2.81. The van der Waals surface area contributed by atoms with Crippen molar-refractivity contribution in [1.29, 1.82) is 0 Å². The molecule has 0 unspecified atom stereocenters. The number of nitrogens with one attached hydrogen (secondary N) is 1. The maximum absolute atomic E-state index is 12.4. The number of thiazole rings is 1. The number of benzene rings is 1. The van der Waals surface area contributed by atoms with E-state index >= 15 is 0 Å². The minimum atomic E-state index is -0.109. The van der Waals surface area contributed by atoms with Gasteiger partial charge in [0.2, 0.25) is 5.91 Å². The molecule has 6 nitrogen and oxygen atoms in total. The number of hydrogen-bond acceptors (Lipinski definition) is 7. The molecule has 0 aliphatic rings. The maximum atomic E-state index is 12.4. The summed E-state index contributed by atoms with van der Waals surface area (Å²) in [5.74, 6) is 1.06. The Balaban J connectivity index is 1.35. The number of amides is 1. The molecular formula is C20H18BrN5OS3. The molecule has 0 fully saturated rings. The molecule has 0 spiro atoms. The van der Waals surface area contributed by atoms with Crippen molar-refractivity contribution in [3.05, 3.63) is 62.3 Å². The Kier molecular flexibility index (Phi) is 6.98. The second-order valence-corrected chi connectivity index (χ2v) is 10.0. The summed E-state index contributed by atoms with van der Waals surface area (Å²) in [5, 5.41) is 16.8. The van der Waals surface area contributed by atoms with E-state index in [9.17, 15) is 4.79 Å². The predicted octanol–water partition coefficient (Wildman–Crippen LogP) is 5.57. The number of halogens is 1. The van der Waals surface area contributed by atoms with Gasteiger partial charge in [-0.2, -0.15) is 0 Å². The van der Waals surface area contributed by atoms with E-state index in [0.29, 0.717) is 5.13 Å². The minimum Gasteiger partial charge on any atom is -0.306 e. The van der Waals surface area contributed by atoms with Crippen LogP contribution in [-0.4, -0.2) is 31.4 Å². The zero-order valence-electron chi connectivity index (χ0n) is 16.0. The van der Waals surface area contributed by atoms with Gasteiger partial charge in [-0.3, -0.25) is 4.79 Å². The summed E-state index contributed by atoms with van der Waals surface area (Å²) in [6.07, 6.45) is 0.753. The van der Waals surface area contributed by atoms with Crippen molar-refractivity contribution in [2.75, 3.05) is 11.1 Å². The Morgan fingerprint density at radius 1 is 1.20 bits per heavy atom. The van der Waals surface area contributed by atoms with E-state index in [-0.39, 0.29) is 11.7 Å². The molecule has 0 atom stereocenters. The number of thioether (sulfide) groups is 1. The van der Waals surface area contributed by atoms with Crippen LogP contribution in [0.4, 0.5) is 5.13 Å². The quantitative estimate of drug-likeness (QED) is 0.308. The first-order chi connectivity index (χ1) is 14.6. The average Bonchev–Trinajstić information content (AvgIpc) is 3.49. The smallest absolute Gasteiger partial charge is 0.236 e. The predicted molar refractivity (Wildman–Crippen MR) is 127 cm³/mol. The Hall–Kier alpha value is -2.01. The van der Waals surface area contributed by atoms with Gasteiger partial charge in [0.25, 0.3) is 0 Å². The molecule has 0 saturated heterocycles. The summed E-state index contributed by atoms with van der Waals surface area (Å²) in [4.78, 5) is 18.2. The average molecular weight is 521 g/mol. The highest BCUT2D eigenvalue weighted by atomic mass is 79.9. The summed E-state index contributed by atoms with van der Waals surface area (Å²) in [6, 6.07) is 12.1. The number of hydrogen-bond donors (Lipinski definition) is 1. The first-order valence-electron chi connectivity index (χ1n) is 9.21. The lowest BCUT2D eigenvalue weighted by Gasteiger charge is -2.06. The lowest BCUT2D eigenvalue weighted by Crippen LogP contribution is -2.14. The molecule has 3 aromatic heterocycles. The van der Waals surface area contributed by atoms with Crippen LogP contribution in [0.3, 0.4) is 0 Å². The van der Waals surface area contributed by atoms with E-state index in [1.165, 1.54) is 28.0 Å². The molecular weight excluding hydrogens is 502 g/mol. The first-order valence-corrected chi connectivity index (χ1v) is 12.7. The highest BCUT2D eigenvalue weighted by molar-refractivity contribution is 9.10. The Morgan fingerprint density at radius 3 is 2.77 bits per heavy atom. The summed E-state index contributed by atoms with van der Waals surface area (Å²) < 4.78 is 3.08. The number of nitrogens with zero attached hydrogens (tertiary/aromatic N) is 4. The Morgan fingerprint density at radius 2 is 2.03 bits per heavy atom. The van der Waals surface area contributed by atoms with Crippen molar-refractivity contribution in [2.45, 2.75) is 25.0 Å². The fourth-order valence-corrected chi connectivity index (χ4v) is 5.34. The van der Waals surface area contributed by atoms with E-state index in [0.717, 1.165) is 39.7 Å². The molecule has 4 aromatic rings. The summed E-state index contributed by atoms with van der Waals surface area (Å²) >= 11 is 7.94. The SMILES string of the molecule is CCn1c(Cc2cccs2)nnc1SCC(=O)Nc1nc(-c2ccc(Br)cc2)cs1. The lowest BCUT2D eigenvalue weighted by atomic mass is 10.2. The van der Waals surface area contributed by atoms with E-state index in [2.05, 4.69) is 59.4 Å². The molecule has 0 aliphatic carbocycles. The van der Waals surface area contributed by atoms with Crippen molar-refractivity contribution in [3.8, 4) is 11.3 Å². The van der Waals surface area contributed by atoms with Gasteiger partial charge in [0.1, 0.15) is 5.82 Å². The second-order valence-electron chi connectivity index (χ2n) is 6.28. The number of aromatic nitrogens is 4. The first kappa shape index (κ1) is 21.2. The molecule has 3 heterocycles. The van der Waals surface area contributed by atoms with Crippen LogP contribution >= 0.6 is 50.4 Å². The second kappa shape index (κ2) is 9.86. The van der Waals surface area contributed by atoms with Gasteiger partial charge in [0.05, 0.1) is 11.4 Å². The van der Waals surface area contributed by atoms with Crippen molar-refractivity contribution in [1.82, 2.24) is 19.7 Å². The Labute approximate surface area is 194 Å². The van der Waals surface area contributed by atoms with Gasteiger partial charge in [-0.15, -0.1) is 32.9 Å². The molecule has 30 heavy (non-hydrogen) atoms. The van der Waals surface area contributed by atoms with Gasteiger partial charge < -0.3 is 9.88 Å². The zero-order valence-corrected chi connectivity index (χ0v) is 20.1. The normalized spacial score (nSPS) is 11.0. The van der Waals surface area contributed by atoms with E-state index in [1.807, 2.05) is 35.7 Å². The van der Waals surface area contributed by atoms with Crippen LogP contribution in [0, 0.1) is 0 Å². The van der Waals surface area contributed by atoms with Crippen LogP contribution < -0.4 is 5.32 Å². The van der Waals surface area contributed by atoms with Gasteiger partial charge in [0, 0.05) is 33.3 Å². The molecule has 1 aromatic carbocycles. The van der Waals surface area contributed by atoms with E-state index < -0.39 is 0 Å². The maximum Gasteiger partial charge on any atom is 0.236 e. The lowest BCUT2D eigenvalue weighted by molar-refractivity contribution is -0.113. The zero-order chi connectivity index (χ0) is 20.9. The third kappa shape index (κ3) is 5.18. The van der Waals surface area contributed by atoms with Crippen molar-refractivity contribution in [3.63, 3.8) is 0 Å². The third-order valence-electron chi connectivity index (χ3n) is 4.25. The van der Waals surface area contributed by atoms with Crippen LogP contribution in [-0.2, 0) is 17.8 Å². The van der Waals surface area contributed by atoms with Gasteiger partial charge in [-0.1, -0.05) is 45.9 Å². The molecule has 0 bridgehead atoms. The van der Waals surface area contributed by atoms with Crippen LogP contribution in [0.15, 0.2) is 56.8 Å². The monoisotopic (exact) mass is 519 g/mol. The van der Waals surface area contributed by atoms with Crippen LogP contribution in [0.2, 0.25) is 0 Å². The number of rotatable bonds is 8. The molecule has 154 valence electrons. The molecule has 0 radical (unpaired) electrons. The van der Waals surface area contributed by atoms with Gasteiger partial charge in [-0.25, -0.2) is 4.98 Å². The summed E-state index contributed by atoms with van der Waals surface area (Å²) in [5.41, 5.74) is 1.86. The highest BCUT2D eigenvalue weighted by Crippen LogP contribution is 2.26. The number of carbonyl (C=O) groups is 1. The number of carbonyl (C=O) groups excluding carboxylic acids is 1. The van der Waals surface area contributed by atoms with Crippen LogP contribution in [0.25, 0.3) is 11.3 Å². The van der Waals surface area contributed by atoms with Crippen molar-refractivity contribution < 1.29 is 4.79 Å². The van der Waals surface area contributed by atoms with Gasteiger partial charge in [-0.05, 0) is 30.5 Å². The third-order valence-corrected chi connectivity index (χ3v) is 7.37. The molecule has 0 saturated carbocycles. The van der Waals surface area contributed by atoms with Crippen molar-refractivity contribution in [2.24, 2.45) is 0 Å². The van der Waals surface area contributed by atoms with E-state index in [4.69, 9.17) is 0 Å². The molecule has 10 heteroatoms. The molecule has 4 rings (SSSR count). The minimum absolute atomic E-state index is 0.109. The number of thiophene rings is 1. The van der Waals surface area contributed by atoms with E-state index in [1.54, 1.807) is 11.3 Å². The highest BCUT2D eigenvalue weighted by Gasteiger charge is 2.15. The largest absolute Gasteiger partial charge is 0.306 e. The van der Waals surface area contributed by atoms with Crippen molar-refractivity contribution >= 4 is 61.4 Å².